The zero-order valence-electron chi connectivity index (χ0n) is 13.2. The molecule has 7 heteroatoms. The van der Waals surface area contributed by atoms with Gasteiger partial charge in [0.15, 0.2) is 0 Å². The van der Waals surface area contributed by atoms with Crippen LogP contribution in [-0.2, 0) is 9.53 Å². The van der Waals surface area contributed by atoms with Gasteiger partial charge >= 0.3 is 5.97 Å². The van der Waals surface area contributed by atoms with Gasteiger partial charge in [0.25, 0.3) is 0 Å². The summed E-state index contributed by atoms with van der Waals surface area (Å²) in [5, 5.41) is 20.7. The average Bonchev–Trinajstić information content (AvgIpc) is 3.09. The fraction of sp³-hybridized carbons (Fsp3) is 0.562. The van der Waals surface area contributed by atoms with E-state index in [-0.39, 0.29) is 24.4 Å². The third-order valence-electron chi connectivity index (χ3n) is 4.63. The summed E-state index contributed by atoms with van der Waals surface area (Å²) in [5.74, 6) is -0.831. The van der Waals surface area contributed by atoms with E-state index in [9.17, 15) is 15.0 Å². The van der Waals surface area contributed by atoms with E-state index >= 15 is 0 Å². The molecule has 4 atom stereocenters. The minimum absolute atomic E-state index is 0.123. The molecule has 23 heavy (non-hydrogen) atoms. The molecule has 2 aromatic rings. The molecule has 124 valence electrons. The van der Waals surface area contributed by atoms with Crippen molar-refractivity contribution in [3.63, 3.8) is 0 Å². The van der Waals surface area contributed by atoms with Crippen molar-refractivity contribution < 1.29 is 19.7 Å². The molecule has 0 aromatic carbocycles. The lowest BCUT2D eigenvalue weighted by Gasteiger charge is -2.16. The van der Waals surface area contributed by atoms with Gasteiger partial charge in [0.05, 0.1) is 35.5 Å². The highest BCUT2D eigenvalue weighted by molar-refractivity contribution is 5.81. The predicted octanol–water partition coefficient (Wildman–Crippen LogP) is 1.04. The molecule has 2 aromatic heterocycles. The molecule has 0 spiro atoms. The van der Waals surface area contributed by atoms with Crippen LogP contribution in [0.4, 0.5) is 0 Å². The number of esters is 1. The Morgan fingerprint density at radius 1 is 1.39 bits per heavy atom. The van der Waals surface area contributed by atoms with Crippen molar-refractivity contribution in [3.8, 4) is 0 Å². The molecule has 1 fully saturated rings. The van der Waals surface area contributed by atoms with E-state index in [1.165, 1.54) is 6.33 Å². The van der Waals surface area contributed by atoms with Crippen LogP contribution in [0.25, 0.3) is 11.0 Å². The monoisotopic (exact) mass is 319 g/mol. The van der Waals surface area contributed by atoms with Gasteiger partial charge in [-0.2, -0.15) is 0 Å². The highest BCUT2D eigenvalue weighted by Gasteiger charge is 2.43. The predicted molar refractivity (Wildman–Crippen MR) is 82.7 cm³/mol. The number of nitrogens with one attached hydrogen (secondary N) is 1. The number of hydrogen-bond donors (Lipinski definition) is 3. The molecule has 1 aliphatic carbocycles. The first-order valence-electron chi connectivity index (χ1n) is 7.83. The molecule has 7 nitrogen and oxygen atoms in total. The number of hydrogen-bond acceptors (Lipinski definition) is 6. The number of aromatic nitrogens is 3. The normalized spacial score (nSPS) is 27.5. The number of aliphatic hydroxyl groups excluding tert-OH is 2. The van der Waals surface area contributed by atoms with Crippen molar-refractivity contribution >= 4 is 17.0 Å². The molecular weight excluding hydrogens is 298 g/mol. The van der Waals surface area contributed by atoms with Gasteiger partial charge in [-0.25, -0.2) is 9.97 Å². The minimum Gasteiger partial charge on any atom is -0.465 e. The molecule has 1 aliphatic rings. The third kappa shape index (κ3) is 2.82. The second-order valence-electron chi connectivity index (χ2n) is 6.05. The van der Waals surface area contributed by atoms with Gasteiger partial charge in [0.2, 0.25) is 0 Å². The Balaban J connectivity index is 1.82. The molecular formula is C16H21N3O4. The highest BCUT2D eigenvalue weighted by atomic mass is 16.5. The minimum atomic E-state index is -0.919. The van der Waals surface area contributed by atoms with Crippen LogP contribution < -0.4 is 0 Å². The average molecular weight is 319 g/mol. The molecule has 3 rings (SSSR count). The van der Waals surface area contributed by atoms with Crippen LogP contribution >= 0.6 is 0 Å². The Kier molecular flexibility index (Phi) is 4.32. The fourth-order valence-corrected chi connectivity index (χ4v) is 3.27. The van der Waals surface area contributed by atoms with Gasteiger partial charge in [-0.15, -0.1) is 0 Å². The number of aliphatic hydroxyl groups is 2. The van der Waals surface area contributed by atoms with Crippen molar-refractivity contribution in [1.82, 2.24) is 15.0 Å². The van der Waals surface area contributed by atoms with Crippen molar-refractivity contribution in [3.05, 3.63) is 23.8 Å². The third-order valence-corrected chi connectivity index (χ3v) is 4.63. The van der Waals surface area contributed by atoms with E-state index in [4.69, 9.17) is 4.74 Å². The summed E-state index contributed by atoms with van der Waals surface area (Å²) in [6.45, 7) is 3.73. The van der Waals surface area contributed by atoms with Gasteiger partial charge in [0, 0.05) is 30.0 Å². The molecule has 0 unspecified atom stereocenters. The van der Waals surface area contributed by atoms with E-state index in [0.717, 1.165) is 22.3 Å². The standard InChI is InChI=1S/C16H21N3O4/c1-3-12(20)23-6-9-4-10(16(22)15(9)21)11-5-17-13-8(2)18-7-19-14(11)13/h5,7,9-10,15-17,21-22H,3-4,6H2,1-2H3/t9-,10+,15-,16+/m1/s1. The SMILES string of the molecule is CCC(=O)OC[C@H]1C[C@@H](c2c[nH]c3c(C)ncnc23)[C@H](O)[C@@H]1O. The lowest BCUT2D eigenvalue weighted by atomic mass is 9.96. The molecule has 2 heterocycles. The Morgan fingerprint density at radius 2 is 2.17 bits per heavy atom. The number of H-pyrrole nitrogens is 1. The summed E-state index contributed by atoms with van der Waals surface area (Å²) in [7, 11) is 0. The number of fused-ring (bicyclic) bond motifs is 1. The van der Waals surface area contributed by atoms with Crippen LogP contribution in [0.5, 0.6) is 0 Å². The van der Waals surface area contributed by atoms with Crippen LogP contribution in [0.3, 0.4) is 0 Å². The van der Waals surface area contributed by atoms with Crippen molar-refractivity contribution in [2.75, 3.05) is 6.61 Å². The maximum atomic E-state index is 11.3. The van der Waals surface area contributed by atoms with Crippen molar-refractivity contribution in [2.24, 2.45) is 5.92 Å². The first kappa shape index (κ1) is 15.9. The largest absolute Gasteiger partial charge is 0.465 e. The zero-order valence-corrected chi connectivity index (χ0v) is 13.2. The van der Waals surface area contributed by atoms with Crippen molar-refractivity contribution in [2.45, 2.75) is 44.8 Å². The lowest BCUT2D eigenvalue weighted by molar-refractivity contribution is -0.145. The number of rotatable bonds is 4. The second-order valence-corrected chi connectivity index (χ2v) is 6.05. The molecule has 0 aliphatic heterocycles. The number of aromatic amines is 1. The quantitative estimate of drug-likeness (QED) is 0.727. The van der Waals surface area contributed by atoms with Crippen molar-refractivity contribution in [1.29, 1.82) is 0 Å². The first-order valence-corrected chi connectivity index (χ1v) is 7.83. The molecule has 0 radical (unpaired) electrons. The molecule has 1 saturated carbocycles. The molecule has 0 saturated heterocycles. The highest BCUT2D eigenvalue weighted by Crippen LogP contribution is 2.41. The number of ether oxygens (including phenoxy) is 1. The Morgan fingerprint density at radius 3 is 2.91 bits per heavy atom. The summed E-state index contributed by atoms with van der Waals surface area (Å²) in [5.41, 5.74) is 3.30. The summed E-state index contributed by atoms with van der Waals surface area (Å²) in [6.07, 6.45) is 2.32. The van der Waals surface area contributed by atoms with Gasteiger partial charge in [0.1, 0.15) is 6.33 Å². The van der Waals surface area contributed by atoms with Crippen LogP contribution in [0.15, 0.2) is 12.5 Å². The molecule has 0 bridgehead atoms. The summed E-state index contributed by atoms with van der Waals surface area (Å²) >= 11 is 0. The second kappa shape index (κ2) is 6.25. The van der Waals surface area contributed by atoms with E-state index in [1.54, 1.807) is 6.92 Å². The van der Waals surface area contributed by atoms with Crippen LogP contribution in [0.1, 0.15) is 36.9 Å². The van der Waals surface area contributed by atoms with Crippen LogP contribution in [-0.4, -0.2) is 49.9 Å². The smallest absolute Gasteiger partial charge is 0.305 e. The number of carbonyl (C=O) groups is 1. The number of nitrogens with zero attached hydrogens (tertiary/aromatic N) is 2. The molecule has 3 N–H and O–H groups in total. The Bertz CT molecular complexity index is 714. The number of aryl methyl sites for hydroxylation is 1. The van der Waals surface area contributed by atoms with Crippen LogP contribution in [0.2, 0.25) is 0 Å². The van der Waals surface area contributed by atoms with E-state index in [2.05, 4.69) is 15.0 Å². The fourth-order valence-electron chi connectivity index (χ4n) is 3.27. The Labute approximate surface area is 133 Å². The molecule has 0 amide bonds. The summed E-state index contributed by atoms with van der Waals surface area (Å²) in [6, 6.07) is 0. The maximum Gasteiger partial charge on any atom is 0.305 e. The Hall–Kier alpha value is -1.99. The maximum absolute atomic E-state index is 11.3. The first-order chi connectivity index (χ1) is 11.0. The van der Waals surface area contributed by atoms with Gasteiger partial charge in [-0.05, 0) is 13.3 Å². The van der Waals surface area contributed by atoms with Gasteiger partial charge in [-0.3, -0.25) is 4.79 Å². The number of carbonyl (C=O) groups excluding carboxylic acids is 1. The van der Waals surface area contributed by atoms with E-state index < -0.39 is 12.2 Å². The van der Waals surface area contributed by atoms with Crippen LogP contribution in [0, 0.1) is 12.8 Å². The topological polar surface area (TPSA) is 108 Å². The lowest BCUT2D eigenvalue weighted by Crippen LogP contribution is -2.30. The van der Waals surface area contributed by atoms with E-state index in [1.807, 2.05) is 13.1 Å². The van der Waals surface area contributed by atoms with Gasteiger partial charge in [-0.1, -0.05) is 6.92 Å². The van der Waals surface area contributed by atoms with E-state index in [0.29, 0.717) is 12.8 Å². The van der Waals surface area contributed by atoms with Gasteiger partial charge < -0.3 is 19.9 Å². The summed E-state index contributed by atoms with van der Waals surface area (Å²) in [4.78, 5) is 22.9. The zero-order chi connectivity index (χ0) is 16.6. The summed E-state index contributed by atoms with van der Waals surface area (Å²) < 4.78 is 5.12.